The van der Waals surface area contributed by atoms with Crippen LogP contribution in [0.2, 0.25) is 0 Å². The van der Waals surface area contributed by atoms with Gasteiger partial charge in [-0.25, -0.2) is 14.8 Å². The number of rotatable bonds is 8. The molecular weight excluding hydrogens is 611 g/mol. The van der Waals surface area contributed by atoms with Crippen LogP contribution >= 0.6 is 11.3 Å². The first-order valence-corrected chi connectivity index (χ1v) is 17.4. The first kappa shape index (κ1) is 31.5. The van der Waals surface area contributed by atoms with Crippen LogP contribution in [0, 0.1) is 13.8 Å². The van der Waals surface area contributed by atoms with Crippen LogP contribution in [0.4, 0.5) is 0 Å². The molecule has 3 aromatic heterocycles. The average Bonchev–Trinajstić information content (AvgIpc) is 3.59. The first-order valence-electron chi connectivity index (χ1n) is 16.6. The Morgan fingerprint density at radius 1 is 1.02 bits per heavy atom. The molecular formula is C37H41N5O4S. The second kappa shape index (κ2) is 13.2. The van der Waals surface area contributed by atoms with E-state index in [4.69, 9.17) is 9.72 Å². The molecule has 0 bridgehead atoms. The summed E-state index contributed by atoms with van der Waals surface area (Å²) in [4.78, 5) is 39.2. The SMILES string of the molecule is Cc1nc(C)c(-c2ccc3cc(-c4c(C5CCCCC5)c5c(C(=O)NCCN6CCOCC6)cc(C(=O)O)cc5n4C)ccc3n2)s1. The minimum atomic E-state index is -1.05. The molecule has 1 aliphatic heterocycles. The molecule has 4 heterocycles. The van der Waals surface area contributed by atoms with Crippen molar-refractivity contribution in [2.75, 3.05) is 39.4 Å². The Labute approximate surface area is 278 Å². The van der Waals surface area contributed by atoms with Crippen LogP contribution in [-0.2, 0) is 11.8 Å². The minimum Gasteiger partial charge on any atom is -0.478 e. The van der Waals surface area contributed by atoms with Gasteiger partial charge in [0.25, 0.3) is 5.91 Å². The molecule has 2 N–H and O–H groups in total. The summed E-state index contributed by atoms with van der Waals surface area (Å²) in [6.45, 7) is 8.33. The molecule has 47 heavy (non-hydrogen) atoms. The molecule has 1 saturated carbocycles. The maximum atomic E-state index is 13.9. The van der Waals surface area contributed by atoms with Gasteiger partial charge in [0.1, 0.15) is 0 Å². The number of fused-ring (bicyclic) bond motifs is 2. The van der Waals surface area contributed by atoms with Gasteiger partial charge < -0.3 is 19.7 Å². The number of amides is 1. The number of morpholine rings is 1. The first-order chi connectivity index (χ1) is 22.8. The zero-order valence-corrected chi connectivity index (χ0v) is 28.1. The van der Waals surface area contributed by atoms with Gasteiger partial charge in [0, 0.05) is 49.6 Å². The van der Waals surface area contributed by atoms with Crippen LogP contribution in [0.25, 0.3) is 43.6 Å². The zero-order valence-electron chi connectivity index (χ0n) is 27.3. The van der Waals surface area contributed by atoms with Gasteiger partial charge >= 0.3 is 5.97 Å². The fourth-order valence-electron chi connectivity index (χ4n) is 7.45. The van der Waals surface area contributed by atoms with Gasteiger partial charge in [-0.2, -0.15) is 0 Å². The highest BCUT2D eigenvalue weighted by Gasteiger charge is 2.30. The molecule has 2 fully saturated rings. The highest BCUT2D eigenvalue weighted by molar-refractivity contribution is 7.15. The molecule has 0 unspecified atom stereocenters. The summed E-state index contributed by atoms with van der Waals surface area (Å²) in [7, 11) is 2.00. The summed E-state index contributed by atoms with van der Waals surface area (Å²) in [5.41, 5.74) is 7.36. The Hall–Kier alpha value is -4.12. The van der Waals surface area contributed by atoms with Gasteiger partial charge in [-0.3, -0.25) is 9.69 Å². The van der Waals surface area contributed by atoms with Crippen LogP contribution in [0.3, 0.4) is 0 Å². The van der Waals surface area contributed by atoms with Crippen molar-refractivity contribution >= 4 is 45.0 Å². The van der Waals surface area contributed by atoms with Crippen molar-refractivity contribution < 1.29 is 19.4 Å². The normalized spacial score (nSPS) is 16.2. The Morgan fingerprint density at radius 3 is 2.53 bits per heavy atom. The quantitative estimate of drug-likeness (QED) is 0.187. The Morgan fingerprint density at radius 2 is 1.81 bits per heavy atom. The van der Waals surface area contributed by atoms with Gasteiger partial charge in [0.15, 0.2) is 0 Å². The van der Waals surface area contributed by atoms with E-state index in [9.17, 15) is 14.7 Å². The molecule has 10 heteroatoms. The Balaban J connectivity index is 1.34. The maximum Gasteiger partial charge on any atom is 0.335 e. The van der Waals surface area contributed by atoms with Gasteiger partial charge in [-0.05, 0) is 74.1 Å². The summed E-state index contributed by atoms with van der Waals surface area (Å²) < 4.78 is 7.56. The molecule has 7 rings (SSSR count). The fourth-order valence-corrected chi connectivity index (χ4v) is 8.34. The Bertz CT molecular complexity index is 1980. The molecule has 244 valence electrons. The summed E-state index contributed by atoms with van der Waals surface area (Å²) in [6, 6.07) is 13.8. The van der Waals surface area contributed by atoms with Crippen molar-refractivity contribution in [1.29, 1.82) is 0 Å². The van der Waals surface area contributed by atoms with E-state index in [1.807, 2.05) is 20.9 Å². The zero-order chi connectivity index (χ0) is 32.7. The number of carboxylic acid groups (broad SMARTS) is 1. The predicted molar refractivity (Wildman–Crippen MR) is 187 cm³/mol. The lowest BCUT2D eigenvalue weighted by Crippen LogP contribution is -2.41. The van der Waals surface area contributed by atoms with E-state index >= 15 is 0 Å². The lowest BCUT2D eigenvalue weighted by atomic mass is 9.81. The van der Waals surface area contributed by atoms with Crippen molar-refractivity contribution in [3.63, 3.8) is 0 Å². The number of aromatic nitrogens is 3. The highest BCUT2D eigenvalue weighted by atomic mass is 32.1. The highest BCUT2D eigenvalue weighted by Crippen LogP contribution is 2.45. The summed E-state index contributed by atoms with van der Waals surface area (Å²) >= 11 is 1.66. The summed E-state index contributed by atoms with van der Waals surface area (Å²) in [6.07, 6.45) is 5.55. The summed E-state index contributed by atoms with van der Waals surface area (Å²) in [5, 5.41) is 16.1. The van der Waals surface area contributed by atoms with Crippen molar-refractivity contribution in [1.82, 2.24) is 24.8 Å². The van der Waals surface area contributed by atoms with E-state index < -0.39 is 5.97 Å². The molecule has 2 aliphatic rings. The topological polar surface area (TPSA) is 110 Å². The van der Waals surface area contributed by atoms with E-state index in [0.717, 1.165) is 105 Å². The third kappa shape index (κ3) is 6.17. The number of hydrogen-bond acceptors (Lipinski definition) is 7. The number of aryl methyl sites for hydroxylation is 3. The van der Waals surface area contributed by atoms with Crippen LogP contribution < -0.4 is 5.32 Å². The average molecular weight is 652 g/mol. The molecule has 2 aromatic carbocycles. The van der Waals surface area contributed by atoms with Crippen LogP contribution in [-0.4, -0.2) is 75.8 Å². The molecule has 0 spiro atoms. The number of carbonyl (C=O) groups is 2. The second-order valence-corrected chi connectivity index (χ2v) is 14.0. The predicted octanol–water partition coefficient (Wildman–Crippen LogP) is 6.94. The molecule has 0 radical (unpaired) electrons. The number of nitrogens with one attached hydrogen (secondary N) is 1. The van der Waals surface area contributed by atoms with Crippen molar-refractivity contribution in [3.8, 4) is 21.8 Å². The summed E-state index contributed by atoms with van der Waals surface area (Å²) in [5.74, 6) is -1.01. The maximum absolute atomic E-state index is 13.9. The van der Waals surface area contributed by atoms with Gasteiger partial charge in [-0.15, -0.1) is 11.3 Å². The van der Waals surface area contributed by atoms with Crippen molar-refractivity contribution in [3.05, 3.63) is 69.9 Å². The monoisotopic (exact) mass is 651 g/mol. The van der Waals surface area contributed by atoms with E-state index in [0.29, 0.717) is 25.3 Å². The fraction of sp³-hybridized carbons (Fsp3) is 0.405. The molecule has 0 atom stereocenters. The van der Waals surface area contributed by atoms with Gasteiger partial charge in [0.2, 0.25) is 0 Å². The third-order valence-electron chi connectivity index (χ3n) is 9.76. The number of hydrogen-bond donors (Lipinski definition) is 2. The number of aromatic carboxylic acids is 1. The number of carboxylic acids is 1. The molecule has 1 amide bonds. The Kier molecular flexibility index (Phi) is 8.83. The van der Waals surface area contributed by atoms with E-state index in [1.165, 1.54) is 6.42 Å². The smallest absolute Gasteiger partial charge is 0.335 e. The van der Waals surface area contributed by atoms with E-state index in [-0.39, 0.29) is 17.4 Å². The third-order valence-corrected chi connectivity index (χ3v) is 10.9. The van der Waals surface area contributed by atoms with Crippen LogP contribution in [0.1, 0.15) is 75.0 Å². The van der Waals surface area contributed by atoms with E-state index in [1.54, 1.807) is 23.5 Å². The number of benzene rings is 2. The second-order valence-electron chi connectivity index (χ2n) is 12.8. The van der Waals surface area contributed by atoms with Crippen LogP contribution in [0.15, 0.2) is 42.5 Å². The largest absolute Gasteiger partial charge is 0.478 e. The van der Waals surface area contributed by atoms with Gasteiger partial charge in [-0.1, -0.05) is 31.4 Å². The lowest BCUT2D eigenvalue weighted by Gasteiger charge is -2.26. The van der Waals surface area contributed by atoms with Crippen molar-refractivity contribution in [2.24, 2.45) is 7.05 Å². The minimum absolute atomic E-state index is 0.113. The molecule has 5 aromatic rings. The molecule has 1 aliphatic carbocycles. The number of thiazole rings is 1. The lowest BCUT2D eigenvalue weighted by molar-refractivity contribution is 0.0383. The van der Waals surface area contributed by atoms with Crippen LogP contribution in [0.5, 0.6) is 0 Å². The number of carbonyl (C=O) groups excluding carboxylic acids is 1. The molecule has 9 nitrogen and oxygen atoms in total. The van der Waals surface area contributed by atoms with E-state index in [2.05, 4.69) is 50.1 Å². The number of nitrogens with zero attached hydrogens (tertiary/aromatic N) is 4. The number of pyridine rings is 1. The standard InChI is InChI=1S/C37H41N5O4S/c1-22-35(47-23(2)39-22)30-12-9-25-19-26(10-11-29(25)40-30)34-32(24-7-5-4-6-8-24)33-28(20-27(37(44)45)21-31(33)41(34)3)36(43)38-13-14-42-15-17-46-18-16-42/h9-12,19-21,24H,4-8,13-18H2,1-3H3,(H,38,43)(H,44,45). The molecule has 1 saturated heterocycles. The number of ether oxygens (including phenoxy) is 1. The van der Waals surface area contributed by atoms with Gasteiger partial charge in [0.05, 0.1) is 56.8 Å². The van der Waals surface area contributed by atoms with Crippen molar-refractivity contribution in [2.45, 2.75) is 51.9 Å².